The zero-order valence-corrected chi connectivity index (χ0v) is 18.0. The molecule has 0 saturated carbocycles. The molecule has 1 amide bonds. The molecule has 1 N–H and O–H groups in total. The Labute approximate surface area is 181 Å². The van der Waals surface area contributed by atoms with Crippen molar-refractivity contribution in [2.24, 2.45) is 0 Å². The van der Waals surface area contributed by atoms with Crippen molar-refractivity contribution in [3.05, 3.63) is 78.6 Å². The number of benzene rings is 2. The third-order valence-corrected chi connectivity index (χ3v) is 6.26. The number of methoxy groups -OCH3 is 2. The number of nitrogens with zero attached hydrogens (tertiary/aromatic N) is 2. The van der Waals surface area contributed by atoms with Gasteiger partial charge in [0.05, 0.1) is 37.0 Å². The van der Waals surface area contributed by atoms with Crippen LogP contribution < -0.4 is 19.1 Å². The van der Waals surface area contributed by atoms with E-state index in [-0.39, 0.29) is 17.1 Å². The van der Waals surface area contributed by atoms with Crippen molar-refractivity contribution >= 4 is 21.6 Å². The summed E-state index contributed by atoms with van der Waals surface area (Å²) >= 11 is 0. The van der Waals surface area contributed by atoms with Crippen LogP contribution in [0.25, 0.3) is 0 Å². The van der Waals surface area contributed by atoms with E-state index >= 15 is 0 Å². The van der Waals surface area contributed by atoms with Gasteiger partial charge in [0.25, 0.3) is 10.0 Å². The smallest absolute Gasteiger partial charge is 0.264 e. The number of amides is 1. The molecule has 0 unspecified atom stereocenters. The molecule has 1 heterocycles. The van der Waals surface area contributed by atoms with Crippen molar-refractivity contribution in [3.63, 3.8) is 0 Å². The second-order valence-corrected chi connectivity index (χ2v) is 8.32. The standard InChI is InChI=1S/C22H23N3O5S/c1-29-18-10-12-19(13-11-18)31(27,28)25(20-8-3-4-9-21(20)30-2)16-22(26)24-15-17-7-5-6-14-23-17/h3-14H,15-16H2,1-2H3,(H,24,26). The van der Waals surface area contributed by atoms with Crippen LogP contribution >= 0.6 is 0 Å². The molecular formula is C22H23N3O5S. The summed E-state index contributed by atoms with van der Waals surface area (Å²) in [6, 6.07) is 17.9. The van der Waals surface area contributed by atoms with E-state index in [9.17, 15) is 13.2 Å². The monoisotopic (exact) mass is 441 g/mol. The molecule has 0 radical (unpaired) electrons. The van der Waals surface area contributed by atoms with Crippen LogP contribution in [0.3, 0.4) is 0 Å². The van der Waals surface area contributed by atoms with Gasteiger partial charge in [0, 0.05) is 6.20 Å². The highest BCUT2D eigenvalue weighted by atomic mass is 32.2. The van der Waals surface area contributed by atoms with Crippen LogP contribution in [0.4, 0.5) is 5.69 Å². The molecule has 0 spiro atoms. The lowest BCUT2D eigenvalue weighted by Gasteiger charge is -2.25. The van der Waals surface area contributed by atoms with Gasteiger partial charge >= 0.3 is 0 Å². The molecule has 3 aromatic rings. The average molecular weight is 442 g/mol. The van der Waals surface area contributed by atoms with Gasteiger partial charge in [0.2, 0.25) is 5.91 Å². The van der Waals surface area contributed by atoms with Crippen molar-refractivity contribution in [2.45, 2.75) is 11.4 Å². The maximum Gasteiger partial charge on any atom is 0.264 e. The lowest BCUT2D eigenvalue weighted by atomic mass is 10.3. The van der Waals surface area contributed by atoms with Gasteiger partial charge in [-0.3, -0.25) is 14.1 Å². The average Bonchev–Trinajstić information content (AvgIpc) is 2.81. The minimum atomic E-state index is -4.07. The number of carbonyl (C=O) groups is 1. The lowest BCUT2D eigenvalue weighted by molar-refractivity contribution is -0.119. The van der Waals surface area contributed by atoms with Gasteiger partial charge in [0.1, 0.15) is 18.0 Å². The first-order valence-corrected chi connectivity index (χ1v) is 10.9. The highest BCUT2D eigenvalue weighted by Crippen LogP contribution is 2.32. The number of para-hydroxylation sites is 2. The van der Waals surface area contributed by atoms with E-state index in [0.717, 1.165) is 4.31 Å². The minimum Gasteiger partial charge on any atom is -0.497 e. The lowest BCUT2D eigenvalue weighted by Crippen LogP contribution is -2.41. The molecule has 0 saturated heterocycles. The largest absolute Gasteiger partial charge is 0.497 e. The van der Waals surface area contributed by atoms with E-state index in [1.807, 2.05) is 6.07 Å². The Balaban J connectivity index is 1.91. The Bertz CT molecular complexity index is 1120. The molecule has 8 nitrogen and oxygen atoms in total. The number of pyridine rings is 1. The molecule has 0 aliphatic carbocycles. The normalized spacial score (nSPS) is 10.9. The number of hydrogen-bond donors (Lipinski definition) is 1. The van der Waals surface area contributed by atoms with E-state index in [1.54, 1.807) is 54.7 Å². The molecule has 162 valence electrons. The first kappa shape index (κ1) is 22.1. The highest BCUT2D eigenvalue weighted by molar-refractivity contribution is 7.92. The van der Waals surface area contributed by atoms with Crippen molar-refractivity contribution < 1.29 is 22.7 Å². The van der Waals surface area contributed by atoms with Crippen LogP contribution in [0.15, 0.2) is 77.8 Å². The summed E-state index contributed by atoms with van der Waals surface area (Å²) in [4.78, 5) is 16.8. The number of sulfonamides is 1. The van der Waals surface area contributed by atoms with Crippen molar-refractivity contribution in [1.82, 2.24) is 10.3 Å². The minimum absolute atomic E-state index is 0.0248. The summed E-state index contributed by atoms with van der Waals surface area (Å²) in [5.41, 5.74) is 0.923. The number of carbonyl (C=O) groups excluding carboxylic acids is 1. The zero-order valence-electron chi connectivity index (χ0n) is 17.2. The molecule has 3 rings (SSSR count). The van der Waals surface area contributed by atoms with Gasteiger partial charge in [-0.1, -0.05) is 18.2 Å². The van der Waals surface area contributed by atoms with Gasteiger partial charge in [0.15, 0.2) is 0 Å². The predicted molar refractivity (Wildman–Crippen MR) is 117 cm³/mol. The fourth-order valence-electron chi connectivity index (χ4n) is 2.89. The third kappa shape index (κ3) is 5.32. The first-order chi connectivity index (χ1) is 15.0. The van der Waals surface area contributed by atoms with Crippen molar-refractivity contribution in [2.75, 3.05) is 25.1 Å². The molecule has 9 heteroatoms. The van der Waals surface area contributed by atoms with Gasteiger partial charge in [-0.05, 0) is 48.5 Å². The Hall–Kier alpha value is -3.59. The summed E-state index contributed by atoms with van der Waals surface area (Å²) in [6.45, 7) is -0.246. The van der Waals surface area contributed by atoms with Gasteiger partial charge in [-0.15, -0.1) is 0 Å². The Morgan fingerprint density at radius 2 is 1.68 bits per heavy atom. The fraction of sp³-hybridized carbons (Fsp3) is 0.182. The predicted octanol–water partition coefficient (Wildman–Crippen LogP) is 2.61. The number of aromatic nitrogens is 1. The van der Waals surface area contributed by atoms with Crippen LogP contribution in [-0.4, -0.2) is 40.1 Å². The van der Waals surface area contributed by atoms with Crippen LogP contribution in [0.5, 0.6) is 11.5 Å². The molecule has 0 fully saturated rings. The molecule has 31 heavy (non-hydrogen) atoms. The topological polar surface area (TPSA) is 97.8 Å². The molecule has 0 aliphatic rings. The van der Waals surface area contributed by atoms with Gasteiger partial charge < -0.3 is 14.8 Å². The number of hydrogen-bond acceptors (Lipinski definition) is 6. The first-order valence-electron chi connectivity index (χ1n) is 9.42. The SMILES string of the molecule is COc1ccc(S(=O)(=O)N(CC(=O)NCc2ccccn2)c2ccccc2OC)cc1. The number of ether oxygens (including phenoxy) is 2. The zero-order chi connectivity index (χ0) is 22.3. The summed E-state index contributed by atoms with van der Waals surface area (Å²) in [5.74, 6) is 0.377. The van der Waals surface area contributed by atoms with E-state index < -0.39 is 22.5 Å². The quantitative estimate of drug-likeness (QED) is 0.548. The molecular weight excluding hydrogens is 418 g/mol. The molecule has 0 aliphatic heterocycles. The molecule has 1 aromatic heterocycles. The third-order valence-electron chi connectivity index (χ3n) is 4.48. The fourth-order valence-corrected chi connectivity index (χ4v) is 4.32. The van der Waals surface area contributed by atoms with Gasteiger partial charge in [-0.2, -0.15) is 0 Å². The van der Waals surface area contributed by atoms with Crippen LogP contribution in [-0.2, 0) is 21.4 Å². The number of rotatable bonds is 9. The van der Waals surface area contributed by atoms with Crippen molar-refractivity contribution in [1.29, 1.82) is 0 Å². The van der Waals surface area contributed by atoms with E-state index in [1.165, 1.54) is 26.4 Å². The maximum atomic E-state index is 13.4. The van der Waals surface area contributed by atoms with E-state index in [0.29, 0.717) is 17.2 Å². The van der Waals surface area contributed by atoms with Crippen molar-refractivity contribution in [3.8, 4) is 11.5 Å². The highest BCUT2D eigenvalue weighted by Gasteiger charge is 2.29. The summed E-state index contributed by atoms with van der Waals surface area (Å²) in [5, 5.41) is 2.71. The maximum absolute atomic E-state index is 13.4. The summed E-state index contributed by atoms with van der Waals surface area (Å²) in [6.07, 6.45) is 1.62. The van der Waals surface area contributed by atoms with E-state index in [4.69, 9.17) is 9.47 Å². The summed E-state index contributed by atoms with van der Waals surface area (Å²) in [7, 11) is -1.13. The number of anilines is 1. The summed E-state index contributed by atoms with van der Waals surface area (Å²) < 4.78 is 38.4. The van der Waals surface area contributed by atoms with Crippen LogP contribution in [0.1, 0.15) is 5.69 Å². The number of nitrogens with one attached hydrogen (secondary N) is 1. The second kappa shape index (κ2) is 9.94. The molecule has 0 atom stereocenters. The van der Waals surface area contributed by atoms with E-state index in [2.05, 4.69) is 10.3 Å². The molecule has 0 bridgehead atoms. The Morgan fingerprint density at radius 3 is 2.32 bits per heavy atom. The molecule has 2 aromatic carbocycles. The Kier molecular flexibility index (Phi) is 7.09. The van der Waals surface area contributed by atoms with Gasteiger partial charge in [-0.25, -0.2) is 8.42 Å². The van der Waals surface area contributed by atoms with Crippen LogP contribution in [0.2, 0.25) is 0 Å². The Morgan fingerprint density at radius 1 is 0.968 bits per heavy atom. The van der Waals surface area contributed by atoms with Crippen LogP contribution in [0, 0.1) is 0 Å². The second-order valence-electron chi connectivity index (χ2n) is 6.46.